The number of benzene rings is 1. The van der Waals surface area contributed by atoms with Gasteiger partial charge in [0.2, 0.25) is 10.0 Å². The first-order valence-electron chi connectivity index (χ1n) is 9.60. The van der Waals surface area contributed by atoms with Gasteiger partial charge >= 0.3 is 0 Å². The molecule has 1 N–H and O–H groups in total. The molecule has 1 aliphatic heterocycles. The van der Waals surface area contributed by atoms with E-state index in [2.05, 4.69) is 14.6 Å². The van der Waals surface area contributed by atoms with Crippen LogP contribution in [-0.2, 0) is 26.3 Å². The van der Waals surface area contributed by atoms with Gasteiger partial charge < -0.3 is 4.90 Å². The van der Waals surface area contributed by atoms with Crippen LogP contribution in [0.25, 0.3) is 0 Å². The zero-order valence-electron chi connectivity index (χ0n) is 16.7. The van der Waals surface area contributed by atoms with Gasteiger partial charge in [-0.3, -0.25) is 9.71 Å². The fourth-order valence-corrected chi connectivity index (χ4v) is 5.87. The number of sulfonamides is 1. The molecule has 1 saturated heterocycles. The lowest BCUT2D eigenvalue weighted by molar-refractivity contribution is 0.232. The molecule has 0 radical (unpaired) electrons. The summed E-state index contributed by atoms with van der Waals surface area (Å²) in [7, 11) is -6.82. The maximum atomic E-state index is 12.9. The van der Waals surface area contributed by atoms with Gasteiger partial charge in [-0.15, -0.1) is 0 Å². The first kappa shape index (κ1) is 21.7. The van der Waals surface area contributed by atoms with E-state index in [1.807, 2.05) is 25.1 Å². The van der Waals surface area contributed by atoms with Crippen LogP contribution in [0.4, 0.5) is 5.69 Å². The average molecular weight is 438 g/mol. The molecule has 0 atom stereocenters. The van der Waals surface area contributed by atoms with Crippen LogP contribution in [-0.4, -0.2) is 57.9 Å². The molecule has 2 aromatic rings. The van der Waals surface area contributed by atoms with E-state index in [0.29, 0.717) is 18.5 Å². The molecule has 3 rings (SSSR count). The Morgan fingerprint density at radius 3 is 2.28 bits per heavy atom. The highest BCUT2D eigenvalue weighted by atomic mass is 32.2. The lowest BCUT2D eigenvalue weighted by atomic mass is 10.1. The van der Waals surface area contributed by atoms with Gasteiger partial charge in [0.25, 0.3) is 0 Å². The van der Waals surface area contributed by atoms with Crippen LogP contribution in [0.5, 0.6) is 0 Å². The number of likely N-dealkylation sites (tertiary alicyclic amines) is 1. The van der Waals surface area contributed by atoms with Gasteiger partial charge in [-0.2, -0.15) is 0 Å². The highest BCUT2D eigenvalue weighted by Gasteiger charge is 2.31. The molecule has 1 fully saturated rings. The molecule has 2 heterocycles. The van der Waals surface area contributed by atoms with Gasteiger partial charge in [0.15, 0.2) is 9.84 Å². The van der Waals surface area contributed by atoms with Crippen LogP contribution in [0.2, 0.25) is 0 Å². The van der Waals surface area contributed by atoms with E-state index in [1.54, 1.807) is 0 Å². The molecule has 0 bridgehead atoms. The van der Waals surface area contributed by atoms with E-state index in [0.717, 1.165) is 43.7 Å². The summed E-state index contributed by atoms with van der Waals surface area (Å²) in [5.41, 5.74) is 2.42. The molecule has 1 aliphatic rings. The number of aromatic nitrogens is 1. The van der Waals surface area contributed by atoms with Crippen molar-refractivity contribution in [3.05, 3.63) is 53.9 Å². The first-order valence-corrected chi connectivity index (χ1v) is 13.0. The molecular formula is C20H27N3O4S2. The van der Waals surface area contributed by atoms with E-state index >= 15 is 0 Å². The second-order valence-electron chi connectivity index (χ2n) is 7.50. The number of aryl methyl sites for hydroxylation is 1. The van der Waals surface area contributed by atoms with Crippen LogP contribution < -0.4 is 4.72 Å². The first-order chi connectivity index (χ1) is 13.6. The average Bonchev–Trinajstić information content (AvgIpc) is 2.66. The highest BCUT2D eigenvalue weighted by Crippen LogP contribution is 2.26. The number of pyridine rings is 1. The van der Waals surface area contributed by atoms with Crippen molar-refractivity contribution in [3.63, 3.8) is 0 Å². The second-order valence-corrected chi connectivity index (χ2v) is 11.5. The summed E-state index contributed by atoms with van der Waals surface area (Å²) in [5, 5.41) is -0.412. The molecular weight excluding hydrogens is 410 g/mol. The van der Waals surface area contributed by atoms with Crippen molar-refractivity contribution in [2.75, 3.05) is 30.6 Å². The van der Waals surface area contributed by atoms with Crippen molar-refractivity contribution in [1.29, 1.82) is 0 Å². The Bertz CT molecular complexity index is 1040. The third-order valence-electron chi connectivity index (χ3n) is 5.09. The Hall–Kier alpha value is -1.97. The van der Waals surface area contributed by atoms with E-state index in [4.69, 9.17) is 0 Å². The monoisotopic (exact) mass is 437 g/mol. The van der Waals surface area contributed by atoms with Crippen molar-refractivity contribution in [2.45, 2.75) is 36.3 Å². The lowest BCUT2D eigenvalue weighted by Gasteiger charge is -2.31. The molecule has 0 unspecified atom stereocenters. The SMILES string of the molecule is Cc1cccc(CCN2CCC(S(=O)(=O)c3ccc(NS(C)(=O)=O)cc3)CC2)n1. The molecule has 7 nitrogen and oxygen atoms in total. The minimum absolute atomic E-state index is 0.235. The summed E-state index contributed by atoms with van der Waals surface area (Å²) in [4.78, 5) is 7.04. The van der Waals surface area contributed by atoms with Crippen LogP contribution >= 0.6 is 0 Å². The molecule has 0 saturated carbocycles. The smallest absolute Gasteiger partial charge is 0.229 e. The van der Waals surface area contributed by atoms with Gasteiger partial charge in [0.05, 0.1) is 16.4 Å². The lowest BCUT2D eigenvalue weighted by Crippen LogP contribution is -2.40. The molecule has 29 heavy (non-hydrogen) atoms. The molecule has 1 aromatic heterocycles. The summed E-state index contributed by atoms with van der Waals surface area (Å²) in [6.07, 6.45) is 3.09. The summed E-state index contributed by atoms with van der Waals surface area (Å²) < 4.78 is 50.8. The molecule has 0 aliphatic carbocycles. The number of nitrogens with one attached hydrogen (secondary N) is 1. The van der Waals surface area contributed by atoms with E-state index < -0.39 is 25.1 Å². The van der Waals surface area contributed by atoms with Gasteiger partial charge in [0.1, 0.15) is 0 Å². The molecule has 158 valence electrons. The molecule has 9 heteroatoms. The Morgan fingerprint density at radius 2 is 1.69 bits per heavy atom. The summed E-state index contributed by atoms with van der Waals surface area (Å²) >= 11 is 0. The third kappa shape index (κ3) is 6.01. The van der Waals surface area contributed by atoms with E-state index in [9.17, 15) is 16.8 Å². The Kier molecular flexibility index (Phi) is 6.60. The standard InChI is InChI=1S/C20H27N3O4S2/c1-16-4-3-5-17(21-16)10-13-23-14-11-20(12-15-23)29(26,27)19-8-6-18(7-9-19)22-28(2,24)25/h3-9,20,22H,10-15H2,1-2H3. The number of hydrogen-bond acceptors (Lipinski definition) is 6. The van der Waals surface area contributed by atoms with E-state index in [-0.39, 0.29) is 4.90 Å². The number of sulfone groups is 1. The van der Waals surface area contributed by atoms with Gasteiger partial charge in [0, 0.05) is 30.0 Å². The van der Waals surface area contributed by atoms with Gasteiger partial charge in [-0.25, -0.2) is 16.8 Å². The fourth-order valence-electron chi connectivity index (χ4n) is 3.57. The Balaban J connectivity index is 1.56. The van der Waals surface area contributed by atoms with Crippen LogP contribution in [0.15, 0.2) is 47.4 Å². The van der Waals surface area contributed by atoms with Crippen molar-refractivity contribution in [3.8, 4) is 0 Å². The Labute approximate surface area is 173 Å². The van der Waals surface area contributed by atoms with Crippen molar-refractivity contribution >= 4 is 25.5 Å². The molecule has 0 amide bonds. The summed E-state index contributed by atoms with van der Waals surface area (Å²) in [6, 6.07) is 11.9. The summed E-state index contributed by atoms with van der Waals surface area (Å²) in [5.74, 6) is 0. The fraction of sp³-hybridized carbons (Fsp3) is 0.450. The minimum Gasteiger partial charge on any atom is -0.303 e. The predicted octanol–water partition coefficient (Wildman–Crippen LogP) is 2.24. The zero-order valence-corrected chi connectivity index (χ0v) is 18.3. The van der Waals surface area contributed by atoms with Crippen molar-refractivity contribution < 1.29 is 16.8 Å². The second kappa shape index (κ2) is 8.81. The number of piperidine rings is 1. The predicted molar refractivity (Wildman–Crippen MR) is 114 cm³/mol. The number of anilines is 1. The molecule has 0 spiro atoms. The van der Waals surface area contributed by atoms with Crippen LogP contribution in [0.3, 0.4) is 0 Å². The normalized spacial score (nSPS) is 16.6. The number of rotatable bonds is 7. The zero-order chi connectivity index (χ0) is 21.1. The number of nitrogens with zero attached hydrogens (tertiary/aromatic N) is 2. The van der Waals surface area contributed by atoms with Crippen molar-refractivity contribution in [1.82, 2.24) is 9.88 Å². The Morgan fingerprint density at radius 1 is 1.03 bits per heavy atom. The topological polar surface area (TPSA) is 96.4 Å². The maximum absolute atomic E-state index is 12.9. The van der Waals surface area contributed by atoms with Gasteiger partial charge in [-0.1, -0.05) is 6.07 Å². The van der Waals surface area contributed by atoms with E-state index in [1.165, 1.54) is 24.3 Å². The third-order valence-corrected chi connectivity index (χ3v) is 7.97. The largest absolute Gasteiger partial charge is 0.303 e. The minimum atomic E-state index is -3.43. The molecule has 1 aromatic carbocycles. The van der Waals surface area contributed by atoms with Gasteiger partial charge in [-0.05, 0) is 69.3 Å². The maximum Gasteiger partial charge on any atom is 0.229 e. The number of hydrogen-bond donors (Lipinski definition) is 1. The summed E-state index contributed by atoms with van der Waals surface area (Å²) in [6.45, 7) is 4.32. The quantitative estimate of drug-likeness (QED) is 0.714. The van der Waals surface area contributed by atoms with Crippen LogP contribution in [0, 0.1) is 6.92 Å². The van der Waals surface area contributed by atoms with Crippen molar-refractivity contribution in [2.24, 2.45) is 0 Å². The highest BCUT2D eigenvalue weighted by molar-refractivity contribution is 7.92. The van der Waals surface area contributed by atoms with Crippen LogP contribution in [0.1, 0.15) is 24.2 Å².